The van der Waals surface area contributed by atoms with E-state index in [4.69, 9.17) is 0 Å². The molecule has 6 heteroatoms. The maximum absolute atomic E-state index is 12.1. The minimum atomic E-state index is -0.0829. The van der Waals surface area contributed by atoms with Crippen LogP contribution >= 0.6 is 0 Å². The summed E-state index contributed by atoms with van der Waals surface area (Å²) in [4.78, 5) is 12.1. The summed E-state index contributed by atoms with van der Waals surface area (Å²) in [6.45, 7) is 3.00. The highest BCUT2D eigenvalue weighted by atomic mass is 16.1. The lowest BCUT2D eigenvalue weighted by molar-refractivity contribution is 0.0955. The first-order chi connectivity index (χ1) is 10.7. The second-order valence-electron chi connectivity index (χ2n) is 5.00. The molecule has 112 valence electrons. The number of aromatic nitrogens is 3. The molecule has 1 amide bonds. The molecule has 2 N–H and O–H groups in total. The third kappa shape index (κ3) is 3.22. The van der Waals surface area contributed by atoms with E-state index in [1.807, 2.05) is 60.1 Å². The predicted molar refractivity (Wildman–Crippen MR) is 85.0 cm³/mol. The molecule has 0 spiro atoms. The Morgan fingerprint density at radius 2 is 2.09 bits per heavy atom. The number of anilines is 1. The minimum absolute atomic E-state index is 0.0829. The number of aryl methyl sites for hydroxylation is 1. The summed E-state index contributed by atoms with van der Waals surface area (Å²) in [6, 6.07) is 11.5. The van der Waals surface area contributed by atoms with Crippen molar-refractivity contribution in [1.82, 2.24) is 19.9 Å². The van der Waals surface area contributed by atoms with Gasteiger partial charge in [-0.15, -0.1) is 5.10 Å². The molecular formula is C16H17N5O. The number of nitrogens with one attached hydrogen (secondary N) is 2. The Bertz CT molecular complexity index is 746. The molecule has 0 saturated carbocycles. The summed E-state index contributed by atoms with van der Waals surface area (Å²) in [6.07, 6.45) is 3.74. The van der Waals surface area contributed by atoms with Crippen molar-refractivity contribution in [2.24, 2.45) is 0 Å². The Balaban J connectivity index is 1.50. The summed E-state index contributed by atoms with van der Waals surface area (Å²) < 4.78 is 1.93. The van der Waals surface area contributed by atoms with E-state index in [1.165, 1.54) is 0 Å². The zero-order valence-corrected chi connectivity index (χ0v) is 12.3. The second kappa shape index (κ2) is 6.26. The van der Waals surface area contributed by atoms with E-state index in [2.05, 4.69) is 20.8 Å². The van der Waals surface area contributed by atoms with Crippen LogP contribution in [0.4, 0.5) is 5.82 Å². The molecule has 22 heavy (non-hydrogen) atoms. The zero-order chi connectivity index (χ0) is 15.4. The summed E-state index contributed by atoms with van der Waals surface area (Å²) in [5, 5.41) is 14.0. The summed E-state index contributed by atoms with van der Waals surface area (Å²) in [5.74, 6) is 0.620. The number of hydrogen-bond donors (Lipinski definition) is 2. The normalized spacial score (nSPS) is 10.6. The molecule has 0 atom stereocenters. The van der Waals surface area contributed by atoms with Crippen LogP contribution in [-0.4, -0.2) is 33.6 Å². The molecule has 0 aliphatic rings. The Labute approximate surface area is 128 Å². The number of hydrogen-bond acceptors (Lipinski definition) is 4. The van der Waals surface area contributed by atoms with Gasteiger partial charge in [0.2, 0.25) is 0 Å². The van der Waals surface area contributed by atoms with Gasteiger partial charge in [0, 0.05) is 31.0 Å². The van der Waals surface area contributed by atoms with Crippen molar-refractivity contribution in [3.63, 3.8) is 0 Å². The van der Waals surface area contributed by atoms with E-state index in [-0.39, 0.29) is 5.91 Å². The molecule has 0 aliphatic carbocycles. The van der Waals surface area contributed by atoms with Gasteiger partial charge < -0.3 is 15.0 Å². The first kappa shape index (κ1) is 14.1. The van der Waals surface area contributed by atoms with E-state index in [0.29, 0.717) is 24.5 Å². The number of nitrogens with zero attached hydrogens (tertiary/aromatic N) is 3. The average Bonchev–Trinajstić information content (AvgIpc) is 2.97. The largest absolute Gasteiger partial charge is 0.367 e. The van der Waals surface area contributed by atoms with Gasteiger partial charge in [-0.3, -0.25) is 4.79 Å². The van der Waals surface area contributed by atoms with Crippen molar-refractivity contribution in [1.29, 1.82) is 0 Å². The van der Waals surface area contributed by atoms with Gasteiger partial charge in [-0.05, 0) is 37.3 Å². The lowest BCUT2D eigenvalue weighted by atomic mass is 10.3. The van der Waals surface area contributed by atoms with Crippen molar-refractivity contribution in [3.05, 3.63) is 60.0 Å². The van der Waals surface area contributed by atoms with Crippen LogP contribution in [0, 0.1) is 6.92 Å². The third-order valence-electron chi connectivity index (χ3n) is 3.28. The molecule has 3 aromatic heterocycles. The van der Waals surface area contributed by atoms with Crippen LogP contribution in [0.15, 0.2) is 48.8 Å². The van der Waals surface area contributed by atoms with Crippen molar-refractivity contribution in [3.8, 4) is 0 Å². The van der Waals surface area contributed by atoms with Crippen molar-refractivity contribution in [2.45, 2.75) is 6.92 Å². The van der Waals surface area contributed by atoms with E-state index in [9.17, 15) is 4.79 Å². The van der Waals surface area contributed by atoms with Crippen LogP contribution in [0.2, 0.25) is 0 Å². The minimum Gasteiger partial charge on any atom is -0.367 e. The van der Waals surface area contributed by atoms with E-state index in [0.717, 1.165) is 11.2 Å². The molecule has 3 rings (SSSR count). The number of rotatable bonds is 5. The number of fused-ring (bicyclic) bond motifs is 1. The number of carbonyl (C=O) groups is 1. The molecule has 0 bridgehead atoms. The highest BCUT2D eigenvalue weighted by molar-refractivity contribution is 5.95. The molecule has 6 nitrogen and oxygen atoms in total. The zero-order valence-electron chi connectivity index (χ0n) is 12.3. The van der Waals surface area contributed by atoms with Gasteiger partial charge in [0.25, 0.3) is 5.91 Å². The van der Waals surface area contributed by atoms with Crippen molar-refractivity contribution in [2.75, 3.05) is 18.4 Å². The Morgan fingerprint density at radius 1 is 1.18 bits per heavy atom. The van der Waals surface area contributed by atoms with Crippen molar-refractivity contribution >= 4 is 17.2 Å². The Hall–Kier alpha value is -2.89. The predicted octanol–water partition coefficient (Wildman–Crippen LogP) is 1.88. The monoisotopic (exact) mass is 295 g/mol. The Morgan fingerprint density at radius 3 is 2.86 bits per heavy atom. The summed E-state index contributed by atoms with van der Waals surface area (Å²) in [5.41, 5.74) is 2.53. The van der Waals surface area contributed by atoms with E-state index < -0.39 is 0 Å². The molecule has 0 saturated heterocycles. The van der Waals surface area contributed by atoms with Crippen LogP contribution in [0.5, 0.6) is 0 Å². The number of pyridine rings is 1. The summed E-state index contributed by atoms with van der Waals surface area (Å²) in [7, 11) is 0. The highest BCUT2D eigenvalue weighted by Gasteiger charge is 2.07. The van der Waals surface area contributed by atoms with Gasteiger partial charge in [0.1, 0.15) is 5.82 Å². The quantitative estimate of drug-likeness (QED) is 0.705. The van der Waals surface area contributed by atoms with Gasteiger partial charge in [-0.1, -0.05) is 6.07 Å². The van der Waals surface area contributed by atoms with Gasteiger partial charge >= 0.3 is 0 Å². The van der Waals surface area contributed by atoms with E-state index >= 15 is 0 Å². The number of carbonyl (C=O) groups excluding carboxylic acids is 1. The van der Waals surface area contributed by atoms with Crippen LogP contribution in [0.3, 0.4) is 0 Å². The van der Waals surface area contributed by atoms with Crippen LogP contribution < -0.4 is 10.6 Å². The third-order valence-corrected chi connectivity index (χ3v) is 3.28. The second-order valence-corrected chi connectivity index (χ2v) is 5.00. The van der Waals surface area contributed by atoms with Gasteiger partial charge in [-0.25, -0.2) is 0 Å². The Kier molecular flexibility index (Phi) is 4.00. The molecule has 0 unspecified atom stereocenters. The molecule has 0 radical (unpaired) electrons. The van der Waals surface area contributed by atoms with Crippen LogP contribution in [0.1, 0.15) is 16.1 Å². The van der Waals surface area contributed by atoms with Crippen LogP contribution in [-0.2, 0) is 0 Å². The first-order valence-corrected chi connectivity index (χ1v) is 7.11. The van der Waals surface area contributed by atoms with E-state index in [1.54, 1.807) is 0 Å². The van der Waals surface area contributed by atoms with Crippen molar-refractivity contribution < 1.29 is 4.79 Å². The maximum atomic E-state index is 12.1. The fourth-order valence-corrected chi connectivity index (χ4v) is 2.14. The lowest BCUT2D eigenvalue weighted by Crippen LogP contribution is -2.28. The van der Waals surface area contributed by atoms with Gasteiger partial charge in [0.05, 0.1) is 11.3 Å². The molecule has 3 heterocycles. The molecule has 0 aromatic carbocycles. The summed E-state index contributed by atoms with van der Waals surface area (Å²) >= 11 is 0. The van der Waals surface area contributed by atoms with Gasteiger partial charge in [0.15, 0.2) is 0 Å². The average molecular weight is 295 g/mol. The smallest absolute Gasteiger partial charge is 0.252 e. The van der Waals surface area contributed by atoms with Crippen LogP contribution in [0.25, 0.3) is 5.52 Å². The fraction of sp³-hybridized carbons (Fsp3) is 0.188. The number of amides is 1. The molecular weight excluding hydrogens is 278 g/mol. The SMILES string of the molecule is Cc1ccc(NCCNC(=O)c2cc3ccccn3c2)nn1. The van der Waals surface area contributed by atoms with Gasteiger partial charge in [-0.2, -0.15) is 5.10 Å². The fourth-order valence-electron chi connectivity index (χ4n) is 2.14. The lowest BCUT2D eigenvalue weighted by Gasteiger charge is -2.06. The highest BCUT2D eigenvalue weighted by Crippen LogP contribution is 2.09. The molecule has 0 aliphatic heterocycles. The molecule has 0 fully saturated rings. The standard InChI is InChI=1S/C16H17N5O/c1-12-5-6-15(20-19-12)17-7-8-18-16(22)13-10-14-4-2-3-9-21(14)11-13/h2-6,9-11H,7-8H2,1H3,(H,17,20)(H,18,22). The molecule has 3 aromatic rings. The topological polar surface area (TPSA) is 71.3 Å². The maximum Gasteiger partial charge on any atom is 0.252 e. The first-order valence-electron chi connectivity index (χ1n) is 7.11.